The zero-order valence-corrected chi connectivity index (χ0v) is 11.8. The maximum Gasteiger partial charge on any atom is 0.220 e. The molecule has 0 aliphatic rings. The summed E-state index contributed by atoms with van der Waals surface area (Å²) in [5.41, 5.74) is 6.72. The molecule has 0 aliphatic carbocycles. The lowest BCUT2D eigenvalue weighted by atomic mass is 10.2. The minimum absolute atomic E-state index is 0.0639. The Morgan fingerprint density at radius 3 is 2.84 bits per heavy atom. The molecule has 0 saturated heterocycles. The van der Waals surface area contributed by atoms with Gasteiger partial charge >= 0.3 is 0 Å². The van der Waals surface area contributed by atoms with Crippen LogP contribution >= 0.6 is 0 Å². The zero-order valence-electron chi connectivity index (χ0n) is 11.8. The van der Waals surface area contributed by atoms with Gasteiger partial charge < -0.3 is 15.8 Å². The third kappa shape index (κ3) is 6.82. The lowest BCUT2D eigenvalue weighted by molar-refractivity contribution is -0.121. The van der Waals surface area contributed by atoms with Crippen LogP contribution in [0.1, 0.15) is 31.7 Å². The third-order valence-corrected chi connectivity index (χ3v) is 2.82. The Labute approximate surface area is 115 Å². The number of amides is 1. The summed E-state index contributed by atoms with van der Waals surface area (Å²) >= 11 is 0. The summed E-state index contributed by atoms with van der Waals surface area (Å²) in [4.78, 5) is 11.5. The monoisotopic (exact) mass is 264 g/mol. The van der Waals surface area contributed by atoms with Gasteiger partial charge in [-0.2, -0.15) is 0 Å². The number of rotatable bonds is 8. The van der Waals surface area contributed by atoms with Crippen molar-refractivity contribution >= 4 is 5.91 Å². The quantitative estimate of drug-likeness (QED) is 0.706. The van der Waals surface area contributed by atoms with Crippen LogP contribution in [0.25, 0.3) is 0 Å². The first-order valence-electron chi connectivity index (χ1n) is 6.80. The highest BCUT2D eigenvalue weighted by Crippen LogP contribution is 2.16. The number of nitrogens with one attached hydrogen (secondary N) is 1. The van der Waals surface area contributed by atoms with Gasteiger partial charge in [0.1, 0.15) is 5.75 Å². The number of carbonyl (C=O) groups is 1. The Hall–Kier alpha value is -1.55. The Balaban J connectivity index is 2.10. The fraction of sp³-hybridized carbons (Fsp3) is 0.533. The van der Waals surface area contributed by atoms with E-state index in [1.54, 1.807) is 0 Å². The Morgan fingerprint density at radius 2 is 2.16 bits per heavy atom. The molecule has 0 bridgehead atoms. The van der Waals surface area contributed by atoms with Gasteiger partial charge in [0.05, 0.1) is 6.61 Å². The van der Waals surface area contributed by atoms with E-state index >= 15 is 0 Å². The molecule has 1 amide bonds. The number of aryl methyl sites for hydroxylation is 1. The van der Waals surface area contributed by atoms with Crippen LogP contribution in [-0.2, 0) is 4.79 Å². The molecule has 0 radical (unpaired) electrons. The number of benzene rings is 1. The van der Waals surface area contributed by atoms with Gasteiger partial charge in [-0.05, 0) is 38.3 Å². The van der Waals surface area contributed by atoms with Crippen molar-refractivity contribution in [2.24, 2.45) is 5.73 Å². The van der Waals surface area contributed by atoms with Gasteiger partial charge in [0, 0.05) is 19.0 Å². The highest BCUT2D eigenvalue weighted by Gasteiger charge is 2.02. The molecule has 0 spiro atoms. The predicted octanol–water partition coefficient (Wildman–Crippen LogP) is 2.01. The number of hydrogen-bond donors (Lipinski definition) is 2. The van der Waals surface area contributed by atoms with Crippen LogP contribution < -0.4 is 15.8 Å². The first-order valence-corrected chi connectivity index (χ1v) is 6.80. The average molecular weight is 264 g/mol. The predicted molar refractivity (Wildman–Crippen MR) is 77.2 cm³/mol. The van der Waals surface area contributed by atoms with Crippen molar-refractivity contribution in [3.63, 3.8) is 0 Å². The minimum atomic E-state index is 0.0639. The number of nitrogens with two attached hydrogens (primary N) is 1. The third-order valence-electron chi connectivity index (χ3n) is 2.82. The lowest BCUT2D eigenvalue weighted by Crippen LogP contribution is -2.28. The molecular weight excluding hydrogens is 240 g/mol. The zero-order chi connectivity index (χ0) is 14.1. The topological polar surface area (TPSA) is 64.3 Å². The number of hydrogen-bond acceptors (Lipinski definition) is 3. The number of ether oxygens (including phenoxy) is 1. The molecule has 0 aliphatic heterocycles. The van der Waals surface area contributed by atoms with Crippen LogP contribution in [0, 0.1) is 6.92 Å². The van der Waals surface area contributed by atoms with E-state index in [0.29, 0.717) is 19.6 Å². The normalized spacial score (nSPS) is 11.9. The first-order chi connectivity index (χ1) is 9.09. The molecule has 19 heavy (non-hydrogen) atoms. The van der Waals surface area contributed by atoms with Gasteiger partial charge in [0.25, 0.3) is 0 Å². The number of para-hydroxylation sites is 1. The maximum atomic E-state index is 11.5. The van der Waals surface area contributed by atoms with Crippen molar-refractivity contribution in [1.29, 1.82) is 0 Å². The molecule has 1 atom stereocenters. The molecule has 106 valence electrons. The van der Waals surface area contributed by atoms with E-state index in [0.717, 1.165) is 24.2 Å². The highest BCUT2D eigenvalue weighted by molar-refractivity contribution is 5.75. The van der Waals surface area contributed by atoms with Gasteiger partial charge in [-0.3, -0.25) is 4.79 Å². The molecule has 1 aromatic carbocycles. The second-order valence-electron chi connectivity index (χ2n) is 4.83. The molecule has 0 aromatic heterocycles. The molecule has 0 saturated carbocycles. The summed E-state index contributed by atoms with van der Waals surface area (Å²) in [5.74, 6) is 0.953. The van der Waals surface area contributed by atoms with Gasteiger partial charge in [-0.1, -0.05) is 18.2 Å². The van der Waals surface area contributed by atoms with Gasteiger partial charge in [0.2, 0.25) is 5.91 Å². The molecule has 1 rings (SSSR count). The molecule has 0 fully saturated rings. The van der Waals surface area contributed by atoms with Gasteiger partial charge in [-0.25, -0.2) is 0 Å². The second-order valence-corrected chi connectivity index (χ2v) is 4.83. The van der Waals surface area contributed by atoms with E-state index in [-0.39, 0.29) is 11.9 Å². The van der Waals surface area contributed by atoms with Crippen molar-refractivity contribution in [2.45, 2.75) is 39.2 Å². The first kappa shape index (κ1) is 15.5. The van der Waals surface area contributed by atoms with Crippen LogP contribution in [0.2, 0.25) is 0 Å². The van der Waals surface area contributed by atoms with E-state index in [1.807, 2.05) is 38.1 Å². The summed E-state index contributed by atoms with van der Waals surface area (Å²) in [5, 5.41) is 2.85. The molecule has 4 nitrogen and oxygen atoms in total. The second kappa shape index (κ2) is 8.53. The van der Waals surface area contributed by atoms with E-state index in [4.69, 9.17) is 10.5 Å². The SMILES string of the molecule is Cc1ccccc1OCCCC(=O)NCCC(C)N. The van der Waals surface area contributed by atoms with Gasteiger partial charge in [0.15, 0.2) is 0 Å². The van der Waals surface area contributed by atoms with Gasteiger partial charge in [-0.15, -0.1) is 0 Å². The molecule has 1 aromatic rings. The molecule has 4 heteroatoms. The molecule has 0 heterocycles. The van der Waals surface area contributed by atoms with E-state index in [1.165, 1.54) is 0 Å². The fourth-order valence-electron chi connectivity index (χ4n) is 1.66. The van der Waals surface area contributed by atoms with E-state index in [2.05, 4.69) is 5.32 Å². The van der Waals surface area contributed by atoms with Crippen LogP contribution in [0.15, 0.2) is 24.3 Å². The smallest absolute Gasteiger partial charge is 0.220 e. The molecule has 1 unspecified atom stereocenters. The summed E-state index contributed by atoms with van der Waals surface area (Å²) < 4.78 is 5.63. The highest BCUT2D eigenvalue weighted by atomic mass is 16.5. The van der Waals surface area contributed by atoms with Crippen molar-refractivity contribution in [2.75, 3.05) is 13.2 Å². The summed E-state index contributed by atoms with van der Waals surface area (Å²) in [6, 6.07) is 8.01. The maximum absolute atomic E-state index is 11.5. The Bertz CT molecular complexity index is 391. The summed E-state index contributed by atoms with van der Waals surface area (Å²) in [7, 11) is 0. The van der Waals surface area contributed by atoms with Crippen LogP contribution in [0.5, 0.6) is 5.75 Å². The summed E-state index contributed by atoms with van der Waals surface area (Å²) in [6.07, 6.45) is 2.02. The van der Waals surface area contributed by atoms with Crippen molar-refractivity contribution < 1.29 is 9.53 Å². The average Bonchev–Trinajstić information content (AvgIpc) is 2.36. The Morgan fingerprint density at radius 1 is 1.42 bits per heavy atom. The van der Waals surface area contributed by atoms with Crippen LogP contribution in [0.3, 0.4) is 0 Å². The van der Waals surface area contributed by atoms with Crippen molar-refractivity contribution in [1.82, 2.24) is 5.32 Å². The van der Waals surface area contributed by atoms with Crippen LogP contribution in [-0.4, -0.2) is 25.1 Å². The molecular formula is C15H24N2O2. The fourth-order valence-corrected chi connectivity index (χ4v) is 1.66. The van der Waals surface area contributed by atoms with Crippen molar-refractivity contribution in [3.8, 4) is 5.75 Å². The lowest BCUT2D eigenvalue weighted by Gasteiger charge is -2.09. The molecule has 3 N–H and O–H groups in total. The van der Waals surface area contributed by atoms with Crippen LogP contribution in [0.4, 0.5) is 0 Å². The standard InChI is InChI=1S/C15H24N2O2/c1-12-6-3-4-7-14(12)19-11-5-8-15(18)17-10-9-13(2)16/h3-4,6-7,13H,5,8-11,16H2,1-2H3,(H,17,18). The van der Waals surface area contributed by atoms with E-state index < -0.39 is 0 Å². The van der Waals surface area contributed by atoms with E-state index in [9.17, 15) is 4.79 Å². The Kier molecular flexibility index (Phi) is 6.97. The summed E-state index contributed by atoms with van der Waals surface area (Å²) in [6.45, 7) is 5.15. The van der Waals surface area contributed by atoms with Crippen molar-refractivity contribution in [3.05, 3.63) is 29.8 Å². The largest absolute Gasteiger partial charge is 0.493 e. The number of carbonyl (C=O) groups excluding carboxylic acids is 1. The minimum Gasteiger partial charge on any atom is -0.493 e.